The van der Waals surface area contributed by atoms with Gasteiger partial charge in [0.1, 0.15) is 15.9 Å². The first-order chi connectivity index (χ1) is 9.70. The molecule has 3 nitrogen and oxygen atoms in total. The van der Waals surface area contributed by atoms with Crippen LogP contribution < -0.4 is 0 Å². The average molecular weight is 388 g/mol. The topological polar surface area (TPSA) is 51.2 Å². The van der Waals surface area contributed by atoms with Gasteiger partial charge < -0.3 is 0 Å². The van der Waals surface area contributed by atoms with Crippen LogP contribution in [0.3, 0.4) is 0 Å². The van der Waals surface area contributed by atoms with Gasteiger partial charge >= 0.3 is 0 Å². The molecule has 0 saturated carbocycles. The highest BCUT2D eigenvalue weighted by Gasteiger charge is 2.24. The van der Waals surface area contributed by atoms with Crippen molar-refractivity contribution in [2.45, 2.75) is 4.90 Å². The summed E-state index contributed by atoms with van der Waals surface area (Å²) >= 11 is 18.0. The standard InChI is InChI=1S/C12H6Cl3FO3S2/c13-8-3-6(1-2-9(8)16)21(18,19)5-10(17)7-4-11(14)20-12(7)15/h1-4H,5H2. The smallest absolute Gasteiger partial charge is 0.185 e. The molecule has 112 valence electrons. The molecule has 0 aliphatic heterocycles. The van der Waals surface area contributed by atoms with E-state index < -0.39 is 27.2 Å². The van der Waals surface area contributed by atoms with E-state index in [0.717, 1.165) is 29.5 Å². The normalized spacial score (nSPS) is 11.6. The highest BCUT2D eigenvalue weighted by Crippen LogP contribution is 2.32. The summed E-state index contributed by atoms with van der Waals surface area (Å²) in [6.07, 6.45) is 0. The largest absolute Gasteiger partial charge is 0.293 e. The second kappa shape index (κ2) is 6.22. The minimum atomic E-state index is -3.95. The lowest BCUT2D eigenvalue weighted by Crippen LogP contribution is -2.16. The van der Waals surface area contributed by atoms with Crippen LogP contribution in [0, 0.1) is 5.82 Å². The third-order valence-corrected chi connectivity index (χ3v) is 5.92. The van der Waals surface area contributed by atoms with Crippen molar-refractivity contribution in [1.82, 2.24) is 0 Å². The molecular weight excluding hydrogens is 382 g/mol. The Kier molecular flexibility index (Phi) is 4.95. The van der Waals surface area contributed by atoms with Gasteiger partial charge in [0.05, 0.1) is 14.3 Å². The van der Waals surface area contributed by atoms with Crippen LogP contribution in [0.5, 0.6) is 0 Å². The second-order valence-corrected chi connectivity index (χ2v) is 8.68. The molecule has 9 heteroatoms. The Morgan fingerprint density at radius 1 is 1.19 bits per heavy atom. The molecule has 21 heavy (non-hydrogen) atoms. The zero-order valence-corrected chi connectivity index (χ0v) is 14.0. The predicted molar refractivity (Wildman–Crippen MR) is 82.1 cm³/mol. The summed E-state index contributed by atoms with van der Waals surface area (Å²) in [5.41, 5.74) is 0.0449. The first kappa shape index (κ1) is 16.7. The molecule has 2 aromatic rings. The molecule has 0 amide bonds. The predicted octanol–water partition coefficient (Wildman–Crippen LogP) is 4.50. The van der Waals surface area contributed by atoms with Gasteiger partial charge in [0.25, 0.3) is 0 Å². The molecule has 0 saturated heterocycles. The maximum Gasteiger partial charge on any atom is 0.185 e. The molecule has 2 rings (SSSR count). The maximum atomic E-state index is 13.0. The number of thiophene rings is 1. The van der Waals surface area contributed by atoms with Crippen molar-refractivity contribution in [2.75, 3.05) is 5.75 Å². The summed E-state index contributed by atoms with van der Waals surface area (Å²) in [6, 6.07) is 4.24. The molecule has 0 radical (unpaired) electrons. The van der Waals surface area contributed by atoms with Gasteiger partial charge in [0.15, 0.2) is 15.6 Å². The van der Waals surface area contributed by atoms with Crippen LogP contribution in [0.15, 0.2) is 29.2 Å². The van der Waals surface area contributed by atoms with Gasteiger partial charge in [-0.15, -0.1) is 11.3 Å². The fourth-order valence-corrected chi connectivity index (χ4v) is 4.52. The second-order valence-electron chi connectivity index (χ2n) is 4.00. The van der Waals surface area contributed by atoms with Crippen molar-refractivity contribution in [3.05, 3.63) is 49.3 Å². The molecular formula is C12H6Cl3FO3S2. The molecule has 0 fully saturated rings. The number of carbonyl (C=O) groups is 1. The molecule has 0 aliphatic rings. The van der Waals surface area contributed by atoms with E-state index in [2.05, 4.69) is 0 Å². The fraction of sp³-hybridized carbons (Fsp3) is 0.0833. The van der Waals surface area contributed by atoms with Crippen molar-refractivity contribution in [1.29, 1.82) is 0 Å². The van der Waals surface area contributed by atoms with Crippen LogP contribution >= 0.6 is 46.1 Å². The molecule has 1 heterocycles. The quantitative estimate of drug-likeness (QED) is 0.573. The van der Waals surface area contributed by atoms with Crippen molar-refractivity contribution in [2.24, 2.45) is 0 Å². The first-order valence-electron chi connectivity index (χ1n) is 5.36. The van der Waals surface area contributed by atoms with E-state index >= 15 is 0 Å². The fourth-order valence-electron chi connectivity index (χ4n) is 1.53. The number of benzene rings is 1. The van der Waals surface area contributed by atoms with Crippen LogP contribution in [0.25, 0.3) is 0 Å². The van der Waals surface area contributed by atoms with E-state index in [1.807, 2.05) is 0 Å². The van der Waals surface area contributed by atoms with Gasteiger partial charge in [0.2, 0.25) is 0 Å². The van der Waals surface area contributed by atoms with Crippen LogP contribution in [0.2, 0.25) is 13.7 Å². The number of sulfone groups is 1. The molecule has 0 N–H and O–H groups in total. The number of Topliss-reactive ketones (excluding diaryl/α,β-unsaturated/α-hetero) is 1. The van der Waals surface area contributed by atoms with Gasteiger partial charge in [-0.05, 0) is 24.3 Å². The Morgan fingerprint density at radius 2 is 1.86 bits per heavy atom. The van der Waals surface area contributed by atoms with Gasteiger partial charge in [-0.3, -0.25) is 4.79 Å². The molecule has 0 bridgehead atoms. The molecule has 0 aliphatic carbocycles. The lowest BCUT2D eigenvalue weighted by molar-refractivity contribution is 0.102. The summed E-state index contributed by atoms with van der Waals surface area (Å²) in [6.45, 7) is 0. The van der Waals surface area contributed by atoms with E-state index in [-0.39, 0.29) is 24.2 Å². The zero-order valence-electron chi connectivity index (χ0n) is 10.1. The Labute approximate surface area is 139 Å². The van der Waals surface area contributed by atoms with Gasteiger partial charge in [-0.25, -0.2) is 12.8 Å². The van der Waals surface area contributed by atoms with Gasteiger partial charge in [0, 0.05) is 5.56 Å². The van der Waals surface area contributed by atoms with Crippen molar-refractivity contribution < 1.29 is 17.6 Å². The number of hydrogen-bond donors (Lipinski definition) is 0. The number of carbonyl (C=O) groups excluding carboxylic acids is 1. The van der Waals surface area contributed by atoms with Crippen LogP contribution in [-0.4, -0.2) is 20.0 Å². The Balaban J connectivity index is 2.31. The van der Waals surface area contributed by atoms with Crippen molar-refractivity contribution in [3.63, 3.8) is 0 Å². The first-order valence-corrected chi connectivity index (χ1v) is 8.97. The van der Waals surface area contributed by atoms with Crippen LogP contribution in [-0.2, 0) is 9.84 Å². The number of halogens is 4. The number of hydrogen-bond acceptors (Lipinski definition) is 4. The third-order valence-electron chi connectivity index (χ3n) is 2.53. The SMILES string of the molecule is O=C(CS(=O)(=O)c1ccc(F)c(Cl)c1)c1cc(Cl)sc1Cl. The monoisotopic (exact) mass is 386 g/mol. The van der Waals surface area contributed by atoms with E-state index in [4.69, 9.17) is 34.8 Å². The Bertz CT molecular complexity index is 815. The third kappa shape index (κ3) is 3.76. The summed E-state index contributed by atoms with van der Waals surface area (Å²) in [5, 5.41) is -0.333. The molecule has 0 atom stereocenters. The summed E-state index contributed by atoms with van der Waals surface area (Å²) < 4.78 is 37.7. The molecule has 1 aromatic heterocycles. The lowest BCUT2D eigenvalue weighted by Gasteiger charge is -2.04. The summed E-state index contributed by atoms with van der Waals surface area (Å²) in [7, 11) is -3.95. The molecule has 0 unspecified atom stereocenters. The minimum absolute atomic E-state index is 0.0449. The highest BCUT2D eigenvalue weighted by atomic mass is 35.5. The minimum Gasteiger partial charge on any atom is -0.293 e. The zero-order chi connectivity index (χ0) is 15.8. The van der Waals surface area contributed by atoms with E-state index in [9.17, 15) is 17.6 Å². The summed E-state index contributed by atoms with van der Waals surface area (Å²) in [4.78, 5) is 11.8. The Hall–Kier alpha value is -0.660. The van der Waals surface area contributed by atoms with Gasteiger partial charge in [-0.2, -0.15) is 0 Å². The lowest BCUT2D eigenvalue weighted by atomic mass is 10.2. The van der Waals surface area contributed by atoms with Crippen LogP contribution in [0.1, 0.15) is 10.4 Å². The van der Waals surface area contributed by atoms with Crippen molar-refractivity contribution in [3.8, 4) is 0 Å². The average Bonchev–Trinajstić information content (AvgIpc) is 2.71. The Morgan fingerprint density at radius 3 is 2.38 bits per heavy atom. The van der Waals surface area contributed by atoms with E-state index in [1.165, 1.54) is 6.07 Å². The van der Waals surface area contributed by atoms with E-state index in [1.54, 1.807) is 0 Å². The number of rotatable bonds is 4. The maximum absolute atomic E-state index is 13.0. The highest BCUT2D eigenvalue weighted by molar-refractivity contribution is 7.92. The molecule has 1 aromatic carbocycles. The van der Waals surface area contributed by atoms with Crippen LogP contribution in [0.4, 0.5) is 4.39 Å². The van der Waals surface area contributed by atoms with Gasteiger partial charge in [-0.1, -0.05) is 34.8 Å². The number of ketones is 1. The van der Waals surface area contributed by atoms with E-state index in [0.29, 0.717) is 0 Å². The van der Waals surface area contributed by atoms with Crippen molar-refractivity contribution >= 4 is 61.8 Å². The summed E-state index contributed by atoms with van der Waals surface area (Å²) in [5.74, 6) is -2.24. The molecule has 0 spiro atoms.